The Kier molecular flexibility index (Phi) is 4.65. The van der Waals surface area contributed by atoms with E-state index in [0.717, 1.165) is 11.4 Å². The Morgan fingerprint density at radius 1 is 1.20 bits per heavy atom. The van der Waals surface area contributed by atoms with E-state index in [1.54, 1.807) is 29.4 Å². The van der Waals surface area contributed by atoms with E-state index in [-0.39, 0.29) is 12.3 Å². The highest BCUT2D eigenvalue weighted by Crippen LogP contribution is 2.06. The second-order valence-corrected chi connectivity index (χ2v) is 4.49. The van der Waals surface area contributed by atoms with Crippen molar-refractivity contribution in [3.8, 4) is 0 Å². The maximum absolute atomic E-state index is 12.3. The van der Waals surface area contributed by atoms with Crippen LogP contribution in [-0.4, -0.2) is 27.3 Å². The Morgan fingerprint density at radius 2 is 2.05 bits per heavy atom. The summed E-state index contributed by atoms with van der Waals surface area (Å²) in [6.45, 7) is 3.12. The maximum atomic E-state index is 12.3. The summed E-state index contributed by atoms with van der Waals surface area (Å²) in [6, 6.07) is 9.23. The zero-order chi connectivity index (χ0) is 14.4. The van der Waals surface area contributed by atoms with E-state index in [9.17, 15) is 4.79 Å². The molecule has 2 aromatic heterocycles. The zero-order valence-corrected chi connectivity index (χ0v) is 11.5. The number of nitrogens with two attached hydrogens (primary N) is 1. The molecule has 0 aliphatic carbocycles. The highest BCUT2D eigenvalue weighted by Gasteiger charge is 2.13. The molecule has 20 heavy (non-hydrogen) atoms. The van der Waals surface area contributed by atoms with Gasteiger partial charge in [0.25, 0.3) is 0 Å². The number of likely N-dealkylation sites (N-methyl/N-ethyl adjacent to an activating group) is 1. The van der Waals surface area contributed by atoms with Gasteiger partial charge in [0.2, 0.25) is 5.91 Å². The number of carbonyl (C=O) groups is 1. The topological polar surface area (TPSA) is 72.1 Å². The SMILES string of the molecule is CCN(Cc1ccccn1)C(=O)Cc1ccc(N)cn1. The van der Waals surface area contributed by atoms with Crippen molar-refractivity contribution < 1.29 is 4.79 Å². The third kappa shape index (κ3) is 3.78. The average Bonchev–Trinajstić information content (AvgIpc) is 2.48. The van der Waals surface area contributed by atoms with Gasteiger partial charge < -0.3 is 10.6 Å². The molecule has 2 aromatic rings. The maximum Gasteiger partial charge on any atom is 0.228 e. The van der Waals surface area contributed by atoms with Crippen LogP contribution in [0.25, 0.3) is 0 Å². The van der Waals surface area contributed by atoms with Crippen LogP contribution in [0.5, 0.6) is 0 Å². The van der Waals surface area contributed by atoms with Crippen LogP contribution in [0.2, 0.25) is 0 Å². The summed E-state index contributed by atoms with van der Waals surface area (Å²) in [5, 5.41) is 0. The Bertz CT molecular complexity index is 554. The lowest BCUT2D eigenvalue weighted by molar-refractivity contribution is -0.131. The lowest BCUT2D eigenvalue weighted by Crippen LogP contribution is -2.32. The molecule has 0 unspecified atom stereocenters. The quantitative estimate of drug-likeness (QED) is 0.896. The van der Waals surface area contributed by atoms with Crippen molar-refractivity contribution in [2.75, 3.05) is 12.3 Å². The van der Waals surface area contributed by atoms with Crippen molar-refractivity contribution in [3.63, 3.8) is 0 Å². The number of nitrogens with zero attached hydrogens (tertiary/aromatic N) is 3. The van der Waals surface area contributed by atoms with Crippen molar-refractivity contribution in [1.82, 2.24) is 14.9 Å². The van der Waals surface area contributed by atoms with Crippen molar-refractivity contribution in [2.24, 2.45) is 0 Å². The second-order valence-electron chi connectivity index (χ2n) is 4.49. The molecule has 0 saturated heterocycles. The van der Waals surface area contributed by atoms with Gasteiger partial charge in [0.05, 0.1) is 30.5 Å². The van der Waals surface area contributed by atoms with Crippen molar-refractivity contribution >= 4 is 11.6 Å². The fourth-order valence-electron chi connectivity index (χ4n) is 1.87. The van der Waals surface area contributed by atoms with Crippen LogP contribution in [0.3, 0.4) is 0 Å². The summed E-state index contributed by atoms with van der Waals surface area (Å²) in [5.74, 6) is 0.0374. The molecule has 5 heteroatoms. The number of pyridine rings is 2. The van der Waals surface area contributed by atoms with E-state index >= 15 is 0 Å². The highest BCUT2D eigenvalue weighted by atomic mass is 16.2. The van der Waals surface area contributed by atoms with E-state index in [2.05, 4.69) is 9.97 Å². The summed E-state index contributed by atoms with van der Waals surface area (Å²) < 4.78 is 0. The molecule has 0 saturated carbocycles. The van der Waals surface area contributed by atoms with Crippen LogP contribution in [0.4, 0.5) is 5.69 Å². The highest BCUT2D eigenvalue weighted by molar-refractivity contribution is 5.78. The summed E-state index contributed by atoms with van der Waals surface area (Å²) in [7, 11) is 0. The summed E-state index contributed by atoms with van der Waals surface area (Å²) >= 11 is 0. The molecule has 5 nitrogen and oxygen atoms in total. The van der Waals surface area contributed by atoms with Gasteiger partial charge in [-0.05, 0) is 31.2 Å². The van der Waals surface area contributed by atoms with Gasteiger partial charge in [-0.1, -0.05) is 6.07 Å². The molecule has 0 atom stereocenters. The summed E-state index contributed by atoms with van der Waals surface area (Å²) in [4.78, 5) is 22.4. The zero-order valence-electron chi connectivity index (χ0n) is 11.5. The smallest absolute Gasteiger partial charge is 0.228 e. The molecule has 0 aromatic carbocycles. The monoisotopic (exact) mass is 270 g/mol. The summed E-state index contributed by atoms with van der Waals surface area (Å²) in [5.41, 5.74) is 7.79. The van der Waals surface area contributed by atoms with Gasteiger partial charge in [-0.25, -0.2) is 0 Å². The van der Waals surface area contributed by atoms with Crippen molar-refractivity contribution in [1.29, 1.82) is 0 Å². The number of aromatic nitrogens is 2. The number of anilines is 1. The largest absolute Gasteiger partial charge is 0.397 e. The molecule has 2 N–H and O–H groups in total. The fraction of sp³-hybridized carbons (Fsp3) is 0.267. The molecule has 2 heterocycles. The van der Waals surface area contributed by atoms with Crippen LogP contribution < -0.4 is 5.73 Å². The van der Waals surface area contributed by atoms with Gasteiger partial charge >= 0.3 is 0 Å². The van der Waals surface area contributed by atoms with E-state index in [0.29, 0.717) is 18.8 Å². The average molecular weight is 270 g/mol. The third-order valence-corrected chi connectivity index (χ3v) is 2.99. The van der Waals surface area contributed by atoms with Gasteiger partial charge in [0.1, 0.15) is 0 Å². The standard InChI is InChI=1S/C15H18N4O/c1-2-19(11-14-5-3-4-8-17-14)15(20)9-13-7-6-12(16)10-18-13/h3-8,10H,2,9,11,16H2,1H3. The van der Waals surface area contributed by atoms with Crippen LogP contribution in [0.1, 0.15) is 18.3 Å². The van der Waals surface area contributed by atoms with Crippen molar-refractivity contribution in [2.45, 2.75) is 19.9 Å². The van der Waals surface area contributed by atoms with E-state index in [4.69, 9.17) is 5.73 Å². The Balaban J connectivity index is 2.00. The Hall–Kier alpha value is -2.43. The lowest BCUT2D eigenvalue weighted by atomic mass is 10.2. The van der Waals surface area contributed by atoms with Gasteiger partial charge in [-0.3, -0.25) is 14.8 Å². The van der Waals surface area contributed by atoms with E-state index < -0.39 is 0 Å². The minimum absolute atomic E-state index is 0.0374. The number of amides is 1. The first-order valence-electron chi connectivity index (χ1n) is 6.57. The third-order valence-electron chi connectivity index (χ3n) is 2.99. The minimum atomic E-state index is 0.0374. The normalized spacial score (nSPS) is 10.2. The second kappa shape index (κ2) is 6.65. The van der Waals surface area contributed by atoms with Gasteiger partial charge in [-0.15, -0.1) is 0 Å². The number of nitrogen functional groups attached to an aromatic ring is 1. The molecule has 104 valence electrons. The van der Waals surface area contributed by atoms with Gasteiger partial charge in [0.15, 0.2) is 0 Å². The van der Waals surface area contributed by atoms with Crippen LogP contribution in [0, 0.1) is 0 Å². The molecule has 0 radical (unpaired) electrons. The lowest BCUT2D eigenvalue weighted by Gasteiger charge is -2.20. The fourth-order valence-corrected chi connectivity index (χ4v) is 1.87. The molecule has 0 fully saturated rings. The van der Waals surface area contributed by atoms with Crippen LogP contribution in [0.15, 0.2) is 42.7 Å². The molecular weight excluding hydrogens is 252 g/mol. The number of hydrogen-bond donors (Lipinski definition) is 1. The van der Waals surface area contributed by atoms with E-state index in [1.807, 2.05) is 25.1 Å². The number of carbonyl (C=O) groups excluding carboxylic acids is 1. The molecule has 0 aliphatic rings. The molecule has 0 bridgehead atoms. The van der Waals surface area contributed by atoms with Crippen LogP contribution in [-0.2, 0) is 17.8 Å². The first-order valence-corrected chi connectivity index (χ1v) is 6.57. The minimum Gasteiger partial charge on any atom is -0.397 e. The Morgan fingerprint density at radius 3 is 2.65 bits per heavy atom. The Labute approximate surface area is 118 Å². The summed E-state index contributed by atoms with van der Waals surface area (Å²) in [6.07, 6.45) is 3.58. The first kappa shape index (κ1) is 14.0. The molecule has 0 aliphatic heterocycles. The number of hydrogen-bond acceptors (Lipinski definition) is 4. The van der Waals surface area contributed by atoms with E-state index in [1.165, 1.54) is 0 Å². The molecule has 2 rings (SSSR count). The molecule has 1 amide bonds. The van der Waals surface area contributed by atoms with Gasteiger partial charge in [0, 0.05) is 18.4 Å². The van der Waals surface area contributed by atoms with Crippen molar-refractivity contribution in [3.05, 3.63) is 54.1 Å². The molecular formula is C15H18N4O. The van der Waals surface area contributed by atoms with Crippen LogP contribution >= 0.6 is 0 Å². The number of rotatable bonds is 5. The predicted octanol–water partition coefficient (Wildman–Crippen LogP) is 1.65. The predicted molar refractivity (Wildman–Crippen MR) is 77.7 cm³/mol. The first-order chi connectivity index (χ1) is 9.69. The molecule has 0 spiro atoms. The van der Waals surface area contributed by atoms with Gasteiger partial charge in [-0.2, -0.15) is 0 Å².